The van der Waals surface area contributed by atoms with Crippen LogP contribution in [-0.2, 0) is 9.84 Å². The van der Waals surface area contributed by atoms with Gasteiger partial charge in [0.05, 0.1) is 11.5 Å². The van der Waals surface area contributed by atoms with Crippen LogP contribution in [0.3, 0.4) is 0 Å². The van der Waals surface area contributed by atoms with Crippen molar-refractivity contribution < 1.29 is 17.9 Å². The zero-order valence-corrected chi connectivity index (χ0v) is 13.6. The van der Waals surface area contributed by atoms with Crippen LogP contribution < -0.4 is 4.74 Å². The summed E-state index contributed by atoms with van der Waals surface area (Å²) in [6, 6.07) is 3.26. The smallest absolute Gasteiger partial charge is 0.374 e. The first kappa shape index (κ1) is 17.4. The zero-order valence-electron chi connectivity index (χ0n) is 12.8. The first-order valence-corrected chi connectivity index (χ1v) is 8.63. The molecule has 0 aliphatic carbocycles. The Kier molecular flexibility index (Phi) is 6.59. The van der Waals surface area contributed by atoms with Gasteiger partial charge in [-0.3, -0.25) is 0 Å². The van der Waals surface area contributed by atoms with Crippen LogP contribution in [-0.4, -0.2) is 25.4 Å². The number of sulfone groups is 1. The maximum atomic E-state index is 11.9. The molecule has 6 heteroatoms. The van der Waals surface area contributed by atoms with Crippen molar-refractivity contribution in [1.82, 2.24) is 0 Å². The lowest BCUT2D eigenvalue weighted by Crippen LogP contribution is -2.07. The van der Waals surface area contributed by atoms with Gasteiger partial charge in [0.15, 0.2) is 0 Å². The molecule has 116 valence electrons. The zero-order chi connectivity index (χ0) is 15.9. The Labute approximate surface area is 126 Å². The quantitative estimate of drug-likeness (QED) is 0.243. The Morgan fingerprint density at radius 1 is 1.19 bits per heavy atom. The summed E-state index contributed by atoms with van der Waals surface area (Å²) in [7, 11) is -3.71. The third kappa shape index (κ3) is 4.99. The van der Waals surface area contributed by atoms with Crippen LogP contribution in [0.4, 0.5) is 0 Å². The SMILES string of the molecule is CCCCCCOc1cc(C)c(S(=O)(=O)C=[N+]=[N-])cc1C. The average molecular weight is 310 g/mol. The van der Waals surface area contributed by atoms with E-state index in [1.54, 1.807) is 26.0 Å². The second-order valence-electron chi connectivity index (χ2n) is 5.06. The van der Waals surface area contributed by atoms with E-state index in [2.05, 4.69) is 11.7 Å². The number of aryl methyl sites for hydroxylation is 2. The monoisotopic (exact) mass is 310 g/mol. The molecule has 5 nitrogen and oxygen atoms in total. The molecule has 0 aromatic heterocycles. The number of hydrogen-bond acceptors (Lipinski definition) is 3. The largest absolute Gasteiger partial charge is 0.493 e. The molecule has 0 heterocycles. The minimum absolute atomic E-state index is 0.135. The molecule has 0 unspecified atom stereocenters. The topological polar surface area (TPSA) is 79.8 Å². The van der Waals surface area contributed by atoms with Gasteiger partial charge >= 0.3 is 5.55 Å². The van der Waals surface area contributed by atoms with Crippen LogP contribution in [0.15, 0.2) is 17.0 Å². The molecule has 0 radical (unpaired) electrons. The number of unbranched alkanes of at least 4 members (excludes halogenated alkanes) is 3. The molecule has 0 aliphatic rings. The normalized spacial score (nSPS) is 11.0. The number of benzene rings is 1. The van der Waals surface area contributed by atoms with Crippen LogP contribution in [0.1, 0.15) is 43.7 Å². The van der Waals surface area contributed by atoms with Crippen LogP contribution in [0.5, 0.6) is 5.75 Å². The molecule has 0 fully saturated rings. The van der Waals surface area contributed by atoms with Gasteiger partial charge in [-0.25, -0.2) is 8.42 Å². The summed E-state index contributed by atoms with van der Waals surface area (Å²) in [6.07, 6.45) is 4.49. The van der Waals surface area contributed by atoms with Crippen LogP contribution in [0.25, 0.3) is 5.53 Å². The Balaban J connectivity index is 2.88. The fraction of sp³-hybridized carbons (Fsp3) is 0.533. The van der Waals surface area contributed by atoms with Crippen molar-refractivity contribution in [3.05, 3.63) is 28.8 Å². The van der Waals surface area contributed by atoms with E-state index >= 15 is 0 Å². The lowest BCUT2D eigenvalue weighted by molar-refractivity contribution is 0.00753. The lowest BCUT2D eigenvalue weighted by atomic mass is 10.1. The van der Waals surface area contributed by atoms with Gasteiger partial charge in [0.1, 0.15) is 5.75 Å². The Hall–Kier alpha value is -1.65. The maximum Gasteiger partial charge on any atom is 0.374 e. The summed E-state index contributed by atoms with van der Waals surface area (Å²) in [6.45, 7) is 6.28. The Morgan fingerprint density at radius 3 is 2.52 bits per heavy atom. The molecule has 21 heavy (non-hydrogen) atoms. The summed E-state index contributed by atoms with van der Waals surface area (Å²) < 4.78 is 29.5. The molecule has 0 saturated heterocycles. The molecule has 0 saturated carbocycles. The highest BCUT2D eigenvalue weighted by Crippen LogP contribution is 2.26. The maximum absolute atomic E-state index is 11.9. The molecule has 0 bridgehead atoms. The van der Waals surface area contributed by atoms with E-state index in [1.165, 1.54) is 12.8 Å². The summed E-state index contributed by atoms with van der Waals surface area (Å²) >= 11 is 0. The van der Waals surface area contributed by atoms with E-state index in [4.69, 9.17) is 10.3 Å². The van der Waals surface area contributed by atoms with Crippen LogP contribution in [0, 0.1) is 13.8 Å². The predicted molar refractivity (Wildman–Crippen MR) is 82.4 cm³/mol. The third-order valence-electron chi connectivity index (χ3n) is 3.22. The molecule has 0 amide bonds. The van der Waals surface area contributed by atoms with E-state index in [9.17, 15) is 8.42 Å². The van der Waals surface area contributed by atoms with Gasteiger partial charge in [-0.1, -0.05) is 26.2 Å². The van der Waals surface area contributed by atoms with E-state index in [0.29, 0.717) is 23.5 Å². The summed E-state index contributed by atoms with van der Waals surface area (Å²) in [5.41, 5.74) is 10.3. The van der Waals surface area contributed by atoms with Crippen molar-refractivity contribution in [3.63, 3.8) is 0 Å². The third-order valence-corrected chi connectivity index (χ3v) is 4.65. The van der Waals surface area contributed by atoms with Crippen molar-refractivity contribution in [2.75, 3.05) is 6.61 Å². The van der Waals surface area contributed by atoms with Crippen LogP contribution in [0.2, 0.25) is 0 Å². The van der Waals surface area contributed by atoms with E-state index in [-0.39, 0.29) is 4.90 Å². The van der Waals surface area contributed by atoms with E-state index in [1.807, 2.05) is 0 Å². The highest BCUT2D eigenvalue weighted by atomic mass is 32.2. The number of hydrogen-bond donors (Lipinski definition) is 0. The molecule has 0 atom stereocenters. The molecule has 1 rings (SSSR count). The first-order valence-electron chi connectivity index (χ1n) is 7.09. The number of rotatable bonds is 8. The van der Waals surface area contributed by atoms with Crippen molar-refractivity contribution >= 4 is 15.4 Å². The fourth-order valence-corrected chi connectivity index (χ4v) is 3.14. The summed E-state index contributed by atoms with van der Waals surface area (Å²) in [5, 5.41) is 0. The van der Waals surface area contributed by atoms with Gasteiger partial charge in [-0.05, 0) is 43.5 Å². The van der Waals surface area contributed by atoms with E-state index in [0.717, 1.165) is 18.4 Å². The molecular weight excluding hydrogens is 288 g/mol. The second kappa shape index (κ2) is 7.96. The van der Waals surface area contributed by atoms with Gasteiger partial charge in [-0.15, -0.1) is 0 Å². The standard InChI is InChI=1S/C15H22N2O3S/c1-4-5-6-7-8-20-14-9-13(3)15(10-12(14)2)21(18,19)11-17-16/h9-11H,4-8H2,1-3H3. The van der Waals surface area contributed by atoms with Gasteiger partial charge in [-0.2, -0.15) is 4.79 Å². The summed E-state index contributed by atoms with van der Waals surface area (Å²) in [5.74, 6) is 0.698. The van der Waals surface area contributed by atoms with Crippen molar-refractivity contribution in [2.45, 2.75) is 51.3 Å². The molecule has 1 aromatic rings. The number of nitrogens with zero attached hydrogens (tertiary/aromatic N) is 2. The minimum Gasteiger partial charge on any atom is -0.493 e. The first-order chi connectivity index (χ1) is 9.92. The molecular formula is C15H22N2O3S. The molecule has 0 aliphatic heterocycles. The van der Waals surface area contributed by atoms with Crippen molar-refractivity contribution in [1.29, 1.82) is 0 Å². The lowest BCUT2D eigenvalue weighted by Gasteiger charge is -2.12. The molecule has 1 aromatic carbocycles. The average Bonchev–Trinajstić information content (AvgIpc) is 2.41. The van der Waals surface area contributed by atoms with Gasteiger partial charge in [0.25, 0.3) is 9.84 Å². The van der Waals surface area contributed by atoms with Crippen molar-refractivity contribution in [2.24, 2.45) is 0 Å². The Bertz CT molecular complexity index is 633. The van der Waals surface area contributed by atoms with Crippen molar-refractivity contribution in [3.8, 4) is 5.75 Å². The highest BCUT2D eigenvalue weighted by molar-refractivity contribution is 8.04. The summed E-state index contributed by atoms with van der Waals surface area (Å²) in [4.78, 5) is 2.75. The molecule has 0 N–H and O–H groups in total. The van der Waals surface area contributed by atoms with Gasteiger partial charge in [0, 0.05) is 0 Å². The number of ether oxygens (including phenoxy) is 1. The Morgan fingerprint density at radius 2 is 1.90 bits per heavy atom. The van der Waals surface area contributed by atoms with Gasteiger partial charge < -0.3 is 10.3 Å². The minimum atomic E-state index is -3.71. The van der Waals surface area contributed by atoms with Gasteiger partial charge in [0.2, 0.25) is 0 Å². The second-order valence-corrected chi connectivity index (χ2v) is 6.80. The predicted octanol–water partition coefficient (Wildman–Crippen LogP) is 3.29. The van der Waals surface area contributed by atoms with Crippen LogP contribution >= 0.6 is 0 Å². The molecule has 0 spiro atoms. The van der Waals surface area contributed by atoms with E-state index < -0.39 is 9.84 Å². The highest BCUT2D eigenvalue weighted by Gasteiger charge is 2.20. The fourth-order valence-electron chi connectivity index (χ4n) is 2.06.